The number of carbonyl (C=O) groups is 2. The van der Waals surface area contributed by atoms with Crippen LogP contribution >= 0.6 is 11.8 Å². The highest BCUT2D eigenvalue weighted by atomic mass is 32.2. The maximum absolute atomic E-state index is 14.3. The van der Waals surface area contributed by atoms with Crippen molar-refractivity contribution in [1.29, 1.82) is 0 Å². The van der Waals surface area contributed by atoms with Crippen LogP contribution in [0.3, 0.4) is 0 Å². The molecule has 0 fully saturated rings. The van der Waals surface area contributed by atoms with Crippen molar-refractivity contribution in [2.45, 2.75) is 42.3 Å². The summed E-state index contributed by atoms with van der Waals surface area (Å²) in [6.07, 6.45) is -0.985. The summed E-state index contributed by atoms with van der Waals surface area (Å²) in [6, 6.07) is 45.3. The van der Waals surface area contributed by atoms with Crippen LogP contribution < -0.4 is 4.90 Å². The third-order valence-electron chi connectivity index (χ3n) is 8.82. The molecule has 0 saturated carbocycles. The van der Waals surface area contributed by atoms with Gasteiger partial charge < -0.3 is 19.3 Å². The van der Waals surface area contributed by atoms with Crippen molar-refractivity contribution < 1.29 is 19.1 Å². The Kier molecular flexibility index (Phi) is 10.6. The van der Waals surface area contributed by atoms with E-state index in [4.69, 9.17) is 9.47 Å². The number of aryl methyl sites for hydroxylation is 1. The number of fused-ring (bicyclic) bond motifs is 1. The van der Waals surface area contributed by atoms with E-state index in [0.29, 0.717) is 19.7 Å². The SMILES string of the molecule is CC(=O)O[C@@H]1C(=O)N(CCN(C)C)c2ccc(COC(c3ccccc3)(c3ccccc3)c3ccccc3)cc2S[C@@H]1c1ccc(C)cc1. The van der Waals surface area contributed by atoms with E-state index in [1.54, 1.807) is 16.7 Å². The first-order valence-corrected chi connectivity index (χ1v) is 17.4. The summed E-state index contributed by atoms with van der Waals surface area (Å²) in [5, 5.41) is -0.437. The van der Waals surface area contributed by atoms with E-state index in [-0.39, 0.29) is 5.91 Å². The van der Waals surface area contributed by atoms with Gasteiger partial charge in [0, 0.05) is 24.9 Å². The summed E-state index contributed by atoms with van der Waals surface area (Å²) in [5.74, 6) is -0.711. The summed E-state index contributed by atoms with van der Waals surface area (Å²) in [5.41, 5.74) is 6.02. The fourth-order valence-corrected chi connectivity index (χ4v) is 7.73. The molecular weight excluding hydrogens is 629 g/mol. The third-order valence-corrected chi connectivity index (χ3v) is 10.2. The molecule has 0 radical (unpaired) electrons. The van der Waals surface area contributed by atoms with Crippen LogP contribution in [0.4, 0.5) is 5.69 Å². The molecule has 2 atom stereocenters. The predicted molar refractivity (Wildman–Crippen MR) is 197 cm³/mol. The minimum atomic E-state index is -0.985. The maximum atomic E-state index is 14.3. The minimum absolute atomic E-state index is 0.228. The van der Waals surface area contributed by atoms with Gasteiger partial charge >= 0.3 is 5.97 Å². The number of benzene rings is 5. The Labute approximate surface area is 293 Å². The Hall–Kier alpha value is -4.69. The van der Waals surface area contributed by atoms with E-state index in [2.05, 4.69) is 42.5 Å². The van der Waals surface area contributed by atoms with Crippen molar-refractivity contribution in [3.63, 3.8) is 0 Å². The lowest BCUT2D eigenvalue weighted by Gasteiger charge is -2.36. The highest BCUT2D eigenvalue weighted by molar-refractivity contribution is 7.99. The summed E-state index contributed by atoms with van der Waals surface area (Å²) in [6.45, 7) is 4.80. The zero-order valence-corrected chi connectivity index (χ0v) is 29.2. The molecule has 250 valence electrons. The number of anilines is 1. The van der Waals surface area contributed by atoms with Crippen molar-refractivity contribution >= 4 is 29.3 Å². The van der Waals surface area contributed by atoms with Crippen LogP contribution in [0.25, 0.3) is 0 Å². The molecule has 1 aliphatic rings. The van der Waals surface area contributed by atoms with E-state index in [9.17, 15) is 9.59 Å². The van der Waals surface area contributed by atoms with Gasteiger partial charge in [-0.05, 0) is 61.0 Å². The second kappa shape index (κ2) is 15.2. The summed E-state index contributed by atoms with van der Waals surface area (Å²) < 4.78 is 13.0. The van der Waals surface area contributed by atoms with Gasteiger partial charge in [-0.25, -0.2) is 0 Å². The van der Waals surface area contributed by atoms with Gasteiger partial charge in [-0.15, -0.1) is 11.8 Å². The molecule has 0 aromatic heterocycles. The van der Waals surface area contributed by atoms with Gasteiger partial charge in [-0.3, -0.25) is 9.59 Å². The van der Waals surface area contributed by atoms with Gasteiger partial charge in [-0.2, -0.15) is 0 Å². The topological polar surface area (TPSA) is 59.1 Å². The Morgan fingerprint density at radius 3 is 1.86 bits per heavy atom. The van der Waals surface area contributed by atoms with Crippen molar-refractivity contribution in [2.24, 2.45) is 0 Å². The molecule has 49 heavy (non-hydrogen) atoms. The van der Waals surface area contributed by atoms with Crippen LogP contribution in [0.15, 0.2) is 138 Å². The lowest BCUT2D eigenvalue weighted by molar-refractivity contribution is -0.152. The molecule has 0 N–H and O–H groups in total. The lowest BCUT2D eigenvalue weighted by atomic mass is 9.80. The average molecular weight is 671 g/mol. The molecule has 0 unspecified atom stereocenters. The number of thioether (sulfide) groups is 1. The molecule has 0 aliphatic carbocycles. The molecule has 1 amide bonds. The van der Waals surface area contributed by atoms with Crippen LogP contribution in [0, 0.1) is 6.92 Å². The molecule has 5 aromatic rings. The number of rotatable bonds is 11. The minimum Gasteiger partial charge on any atom is -0.451 e. The zero-order chi connectivity index (χ0) is 34.4. The van der Waals surface area contributed by atoms with Gasteiger partial charge in [0.1, 0.15) is 5.60 Å². The lowest BCUT2D eigenvalue weighted by Crippen LogP contribution is -2.45. The van der Waals surface area contributed by atoms with Gasteiger partial charge in [0.15, 0.2) is 6.10 Å². The van der Waals surface area contributed by atoms with Crippen LogP contribution in [0.2, 0.25) is 0 Å². The molecule has 0 saturated heterocycles. The van der Waals surface area contributed by atoms with Crippen LogP contribution in [0.1, 0.15) is 45.6 Å². The van der Waals surface area contributed by atoms with Crippen LogP contribution in [0.5, 0.6) is 0 Å². The van der Waals surface area contributed by atoms with E-state index in [1.807, 2.05) is 117 Å². The quantitative estimate of drug-likeness (QED) is 0.104. The van der Waals surface area contributed by atoms with Crippen LogP contribution in [-0.4, -0.2) is 50.1 Å². The maximum Gasteiger partial charge on any atom is 0.303 e. The Morgan fingerprint density at radius 2 is 1.35 bits per heavy atom. The van der Waals surface area contributed by atoms with E-state index >= 15 is 0 Å². The van der Waals surface area contributed by atoms with Crippen molar-refractivity contribution in [3.8, 4) is 0 Å². The molecule has 0 bridgehead atoms. The molecule has 6 nitrogen and oxygen atoms in total. The number of likely N-dealkylation sites (N-methyl/N-ethyl adjacent to an activating group) is 1. The number of nitrogens with zero attached hydrogens (tertiary/aromatic N) is 2. The Bertz CT molecular complexity index is 1770. The normalized spacial score (nSPS) is 16.3. The van der Waals surface area contributed by atoms with Crippen molar-refractivity contribution in [1.82, 2.24) is 4.90 Å². The highest BCUT2D eigenvalue weighted by Crippen LogP contribution is 2.48. The fourth-order valence-electron chi connectivity index (χ4n) is 6.35. The van der Waals surface area contributed by atoms with E-state index < -0.39 is 22.9 Å². The standard InChI is InChI=1S/C42H42N2O4S/c1-30-20-23-33(24-21-30)40-39(48-31(2)45)41(46)44(27-26-43(3)4)37-25-22-32(28-38(37)49-40)29-47-42(34-14-8-5-9-15-34,35-16-10-6-11-17-35)36-18-12-7-13-19-36/h5-25,28,39-40H,26-27,29H2,1-4H3/t39-,40+/m0/s1. The first-order chi connectivity index (χ1) is 23.8. The summed E-state index contributed by atoms with van der Waals surface area (Å²) in [7, 11) is 3.96. The molecule has 1 heterocycles. The largest absolute Gasteiger partial charge is 0.451 e. The van der Waals surface area contributed by atoms with Gasteiger partial charge in [0.05, 0.1) is 17.5 Å². The zero-order valence-electron chi connectivity index (χ0n) is 28.4. The number of ether oxygens (including phenoxy) is 2. The van der Waals surface area contributed by atoms with Gasteiger partial charge in [0.25, 0.3) is 5.91 Å². The second-order valence-corrected chi connectivity index (χ2v) is 13.8. The summed E-state index contributed by atoms with van der Waals surface area (Å²) in [4.78, 5) is 31.5. The number of carbonyl (C=O) groups excluding carboxylic acids is 2. The Balaban J connectivity index is 1.44. The smallest absolute Gasteiger partial charge is 0.303 e. The Morgan fingerprint density at radius 1 is 0.796 bits per heavy atom. The second-order valence-electron chi connectivity index (χ2n) is 12.6. The number of hydrogen-bond acceptors (Lipinski definition) is 6. The summed E-state index contributed by atoms with van der Waals surface area (Å²) >= 11 is 1.56. The van der Waals surface area contributed by atoms with Crippen LogP contribution in [-0.2, 0) is 31.3 Å². The molecule has 0 spiro atoms. The highest BCUT2D eigenvalue weighted by Gasteiger charge is 2.41. The number of hydrogen-bond donors (Lipinski definition) is 0. The monoisotopic (exact) mass is 670 g/mol. The number of esters is 1. The fraction of sp³-hybridized carbons (Fsp3) is 0.238. The van der Waals surface area contributed by atoms with E-state index in [1.165, 1.54) is 6.92 Å². The third kappa shape index (κ3) is 7.49. The molecular formula is C42H42N2O4S. The first-order valence-electron chi connectivity index (χ1n) is 16.6. The first kappa shape index (κ1) is 34.2. The predicted octanol–water partition coefficient (Wildman–Crippen LogP) is 8.18. The average Bonchev–Trinajstić information content (AvgIpc) is 3.22. The molecule has 1 aliphatic heterocycles. The molecule has 5 aromatic carbocycles. The van der Waals surface area contributed by atoms with Crippen molar-refractivity contribution in [3.05, 3.63) is 167 Å². The van der Waals surface area contributed by atoms with Crippen molar-refractivity contribution in [2.75, 3.05) is 32.1 Å². The molecule has 7 heteroatoms. The van der Waals surface area contributed by atoms with Gasteiger partial charge in [0.2, 0.25) is 0 Å². The van der Waals surface area contributed by atoms with Gasteiger partial charge in [-0.1, -0.05) is 127 Å². The van der Waals surface area contributed by atoms with E-state index in [0.717, 1.165) is 44.0 Å². The molecule has 6 rings (SSSR count). The number of amides is 1.